The zero-order valence-electron chi connectivity index (χ0n) is 29.2. The van der Waals surface area contributed by atoms with Gasteiger partial charge in [0, 0.05) is 61.6 Å². The van der Waals surface area contributed by atoms with Crippen LogP contribution in [0.15, 0.2) is 188 Å². The second-order valence-electron chi connectivity index (χ2n) is 14.4. The highest BCUT2D eigenvalue weighted by atomic mass is 15.0. The van der Waals surface area contributed by atoms with Crippen LogP contribution in [-0.2, 0) is 0 Å². The van der Waals surface area contributed by atoms with Gasteiger partial charge in [0.1, 0.15) is 0 Å². The summed E-state index contributed by atoms with van der Waals surface area (Å²) in [7, 11) is 0. The Hall–Kier alpha value is -7.23. The molecule has 0 saturated carbocycles. The molecule has 0 unspecified atom stereocenters. The first-order valence-electron chi connectivity index (χ1n) is 18.5. The first kappa shape index (κ1) is 29.4. The van der Waals surface area contributed by atoms with Crippen LogP contribution in [0.5, 0.6) is 0 Å². The molecule has 0 spiro atoms. The summed E-state index contributed by atoms with van der Waals surface area (Å²) < 4.78 is 4.78. The van der Waals surface area contributed by atoms with Crippen LogP contribution in [-0.4, -0.2) is 14.1 Å². The predicted octanol–water partition coefficient (Wildman–Crippen LogP) is 13.4. The minimum atomic E-state index is 1.15. The molecule has 54 heavy (non-hydrogen) atoms. The standard InChI is InChI=1S/C51H31N3/c1-3-12-36(13-4-1)53-46-20-8-7-16-39(46)42-27-32(21-24-47(42)53)33-22-25-48-43(28-33)44-29-34(23-26-49(44)54(48)37-14-5-2-6-15-37)38-17-10-19-41-40-18-9-11-35-30-52-31-45(50(35)40)51(38)41/h1-31H. The molecule has 3 aromatic heterocycles. The van der Waals surface area contributed by atoms with E-state index in [0.29, 0.717) is 0 Å². The van der Waals surface area contributed by atoms with Crippen molar-refractivity contribution in [1.82, 2.24) is 14.1 Å². The fourth-order valence-electron chi connectivity index (χ4n) is 9.19. The number of hydrogen-bond acceptors (Lipinski definition) is 1. The Balaban J connectivity index is 1.08. The summed E-state index contributed by atoms with van der Waals surface area (Å²) in [6.07, 6.45) is 4.02. The molecule has 0 bridgehead atoms. The minimum Gasteiger partial charge on any atom is -0.309 e. The SMILES string of the molecule is c1ccc(-n2c3ccccc3c3cc(-c4ccc5c(c4)c4cc(-c6cccc7c6-c6cncc8cccc-7c68)ccc4n5-c4ccccc4)ccc32)cc1. The average Bonchev–Trinajstić information content (AvgIpc) is 3.87. The molecule has 1 aliphatic rings. The number of nitrogens with zero attached hydrogens (tertiary/aromatic N) is 3. The van der Waals surface area contributed by atoms with Crippen molar-refractivity contribution in [3.8, 4) is 55.9 Å². The van der Waals surface area contributed by atoms with E-state index in [1.54, 1.807) is 0 Å². The third-order valence-corrected chi connectivity index (χ3v) is 11.5. The molecule has 0 N–H and O–H groups in total. The minimum absolute atomic E-state index is 1.15. The van der Waals surface area contributed by atoms with E-state index in [2.05, 4.69) is 190 Å². The highest BCUT2D eigenvalue weighted by Gasteiger charge is 2.25. The number of benzene rings is 8. The van der Waals surface area contributed by atoms with Crippen molar-refractivity contribution in [1.29, 1.82) is 0 Å². The van der Waals surface area contributed by atoms with Gasteiger partial charge in [0.2, 0.25) is 0 Å². The van der Waals surface area contributed by atoms with Gasteiger partial charge < -0.3 is 9.13 Å². The zero-order valence-corrected chi connectivity index (χ0v) is 29.2. The van der Waals surface area contributed by atoms with Crippen LogP contribution >= 0.6 is 0 Å². The first-order valence-corrected chi connectivity index (χ1v) is 18.5. The molecule has 0 saturated heterocycles. The third kappa shape index (κ3) is 4.09. The number of rotatable bonds is 4. The maximum absolute atomic E-state index is 4.66. The van der Waals surface area contributed by atoms with Crippen molar-refractivity contribution in [3.63, 3.8) is 0 Å². The Morgan fingerprint density at radius 2 is 0.852 bits per heavy atom. The van der Waals surface area contributed by atoms with Crippen molar-refractivity contribution in [3.05, 3.63) is 188 Å². The second-order valence-corrected chi connectivity index (χ2v) is 14.4. The monoisotopic (exact) mass is 685 g/mol. The molecule has 11 aromatic rings. The van der Waals surface area contributed by atoms with Crippen LogP contribution in [0.1, 0.15) is 0 Å². The van der Waals surface area contributed by atoms with Crippen molar-refractivity contribution in [2.75, 3.05) is 0 Å². The number of para-hydroxylation sites is 3. The molecule has 3 heterocycles. The Morgan fingerprint density at radius 3 is 1.54 bits per heavy atom. The Bertz CT molecular complexity index is 3310. The van der Waals surface area contributed by atoms with Gasteiger partial charge in [0.05, 0.1) is 22.1 Å². The lowest BCUT2D eigenvalue weighted by Gasteiger charge is -2.11. The zero-order chi connectivity index (χ0) is 35.3. The van der Waals surface area contributed by atoms with Gasteiger partial charge in [-0.1, -0.05) is 109 Å². The fraction of sp³-hybridized carbons (Fsp3) is 0. The van der Waals surface area contributed by atoms with Crippen LogP contribution in [0, 0.1) is 0 Å². The van der Waals surface area contributed by atoms with Gasteiger partial charge in [-0.05, 0) is 106 Å². The molecular weight excluding hydrogens is 655 g/mol. The summed E-state index contributed by atoms with van der Waals surface area (Å²) in [6, 6.07) is 64.4. The smallest absolute Gasteiger partial charge is 0.0541 e. The maximum atomic E-state index is 4.66. The Kier molecular flexibility index (Phi) is 6.05. The van der Waals surface area contributed by atoms with Crippen LogP contribution in [0.25, 0.3) is 110 Å². The van der Waals surface area contributed by atoms with E-state index in [1.165, 1.54) is 105 Å². The van der Waals surface area contributed by atoms with E-state index in [9.17, 15) is 0 Å². The van der Waals surface area contributed by atoms with Crippen LogP contribution < -0.4 is 0 Å². The average molecular weight is 686 g/mol. The molecule has 0 atom stereocenters. The van der Waals surface area contributed by atoms with Gasteiger partial charge in [0.15, 0.2) is 0 Å². The third-order valence-electron chi connectivity index (χ3n) is 11.5. The number of fused-ring (bicyclic) bond motifs is 9. The molecule has 0 aliphatic heterocycles. The van der Waals surface area contributed by atoms with Crippen LogP contribution in [0.3, 0.4) is 0 Å². The van der Waals surface area contributed by atoms with Crippen molar-refractivity contribution in [2.24, 2.45) is 0 Å². The quantitative estimate of drug-likeness (QED) is 0.181. The molecular formula is C51H31N3. The summed E-state index contributed by atoms with van der Waals surface area (Å²) in [5.74, 6) is 0. The Labute approximate surface area is 311 Å². The van der Waals surface area contributed by atoms with Crippen LogP contribution in [0.2, 0.25) is 0 Å². The Morgan fingerprint density at radius 1 is 0.333 bits per heavy atom. The fourth-order valence-corrected chi connectivity index (χ4v) is 9.19. The number of pyridine rings is 1. The molecule has 0 fully saturated rings. The molecule has 3 heteroatoms. The lowest BCUT2D eigenvalue weighted by Crippen LogP contribution is -1.93. The second kappa shape index (κ2) is 11.1. The normalized spacial score (nSPS) is 12.1. The van der Waals surface area contributed by atoms with E-state index in [-0.39, 0.29) is 0 Å². The topological polar surface area (TPSA) is 22.8 Å². The van der Waals surface area contributed by atoms with Crippen molar-refractivity contribution < 1.29 is 0 Å². The maximum Gasteiger partial charge on any atom is 0.0541 e. The largest absolute Gasteiger partial charge is 0.309 e. The lowest BCUT2D eigenvalue weighted by atomic mass is 9.93. The van der Waals surface area contributed by atoms with E-state index in [0.717, 1.165) is 5.69 Å². The van der Waals surface area contributed by atoms with E-state index < -0.39 is 0 Å². The van der Waals surface area contributed by atoms with Crippen molar-refractivity contribution >= 4 is 54.4 Å². The lowest BCUT2D eigenvalue weighted by molar-refractivity contribution is 1.18. The molecule has 0 radical (unpaired) electrons. The van der Waals surface area contributed by atoms with Gasteiger partial charge in [-0.3, -0.25) is 4.98 Å². The highest BCUT2D eigenvalue weighted by Crippen LogP contribution is 2.51. The highest BCUT2D eigenvalue weighted by molar-refractivity contribution is 6.19. The molecule has 8 aromatic carbocycles. The van der Waals surface area contributed by atoms with E-state index >= 15 is 0 Å². The van der Waals surface area contributed by atoms with Gasteiger partial charge in [-0.15, -0.1) is 0 Å². The van der Waals surface area contributed by atoms with E-state index in [4.69, 9.17) is 0 Å². The van der Waals surface area contributed by atoms with Gasteiger partial charge >= 0.3 is 0 Å². The predicted molar refractivity (Wildman–Crippen MR) is 226 cm³/mol. The van der Waals surface area contributed by atoms with Crippen molar-refractivity contribution in [2.45, 2.75) is 0 Å². The summed E-state index contributed by atoms with van der Waals surface area (Å²) in [4.78, 5) is 4.66. The van der Waals surface area contributed by atoms with E-state index in [1.807, 2.05) is 12.4 Å². The summed E-state index contributed by atoms with van der Waals surface area (Å²) >= 11 is 0. The molecule has 12 rings (SSSR count). The number of aromatic nitrogens is 3. The van der Waals surface area contributed by atoms with Gasteiger partial charge in [0.25, 0.3) is 0 Å². The number of hydrogen-bond donors (Lipinski definition) is 0. The summed E-state index contributed by atoms with van der Waals surface area (Å²) in [5.41, 5.74) is 17.0. The molecule has 1 aliphatic carbocycles. The van der Waals surface area contributed by atoms with Crippen LogP contribution in [0.4, 0.5) is 0 Å². The molecule has 3 nitrogen and oxygen atoms in total. The van der Waals surface area contributed by atoms with Gasteiger partial charge in [-0.25, -0.2) is 0 Å². The van der Waals surface area contributed by atoms with Gasteiger partial charge in [-0.2, -0.15) is 0 Å². The summed E-state index contributed by atoms with van der Waals surface area (Å²) in [6.45, 7) is 0. The molecule has 0 amide bonds. The molecule has 250 valence electrons. The first-order chi connectivity index (χ1) is 26.8. The summed E-state index contributed by atoms with van der Waals surface area (Å²) in [5, 5.41) is 7.46.